The third kappa shape index (κ3) is 3.09. The normalized spacial score (nSPS) is 22.9. The van der Waals surface area contributed by atoms with E-state index in [0.29, 0.717) is 25.9 Å². The van der Waals surface area contributed by atoms with Crippen molar-refractivity contribution in [1.29, 1.82) is 0 Å². The highest BCUT2D eigenvalue weighted by Crippen LogP contribution is 2.40. The molecule has 1 aliphatic rings. The zero-order valence-corrected chi connectivity index (χ0v) is 11.0. The number of ketones is 1. The van der Waals surface area contributed by atoms with Gasteiger partial charge in [0.1, 0.15) is 11.2 Å². The molecule has 5 nitrogen and oxygen atoms in total. The molecule has 1 rings (SSSR count). The fourth-order valence-electron chi connectivity index (χ4n) is 2.33. The van der Waals surface area contributed by atoms with Crippen LogP contribution in [0.2, 0.25) is 0 Å². The molecule has 0 aromatic heterocycles. The van der Waals surface area contributed by atoms with Crippen LogP contribution in [0.15, 0.2) is 0 Å². The molecule has 1 fully saturated rings. The molecule has 1 atom stereocenters. The molecule has 18 heavy (non-hydrogen) atoms. The maximum Gasteiger partial charge on any atom is 0.319 e. The topological polar surface area (TPSA) is 69.7 Å². The van der Waals surface area contributed by atoms with Crippen LogP contribution in [0.4, 0.5) is 0 Å². The molecule has 1 unspecified atom stereocenters. The van der Waals surface area contributed by atoms with Crippen molar-refractivity contribution in [2.45, 2.75) is 46.0 Å². The first-order valence-electron chi connectivity index (χ1n) is 6.43. The zero-order chi connectivity index (χ0) is 13.6. The minimum Gasteiger partial charge on any atom is -0.466 e. The molecule has 0 aliphatic heterocycles. The summed E-state index contributed by atoms with van der Waals surface area (Å²) in [5.41, 5.74) is -1.11. The number of hydrogen-bond acceptors (Lipinski definition) is 5. The van der Waals surface area contributed by atoms with Gasteiger partial charge in [0, 0.05) is 12.8 Å². The fraction of sp³-hybridized carbons (Fsp3) is 0.769. The van der Waals surface area contributed by atoms with Gasteiger partial charge < -0.3 is 9.47 Å². The monoisotopic (exact) mass is 256 g/mol. The molecular weight excluding hydrogens is 236 g/mol. The van der Waals surface area contributed by atoms with Crippen molar-refractivity contribution in [3.8, 4) is 0 Å². The molecule has 0 amide bonds. The standard InChI is InChI=1S/C13H20O5/c1-3-17-11(15)7-9-13(12(16)18-4-2)8-5-6-10(13)14/h3-9H2,1-2H3. The molecule has 0 aromatic rings. The lowest BCUT2D eigenvalue weighted by molar-refractivity contribution is -0.160. The van der Waals surface area contributed by atoms with E-state index in [-0.39, 0.29) is 31.2 Å². The Morgan fingerprint density at radius 1 is 1.22 bits per heavy atom. The number of carbonyl (C=O) groups excluding carboxylic acids is 3. The third-order valence-electron chi connectivity index (χ3n) is 3.27. The molecule has 1 saturated carbocycles. The van der Waals surface area contributed by atoms with Gasteiger partial charge in [0.15, 0.2) is 0 Å². The summed E-state index contributed by atoms with van der Waals surface area (Å²) in [7, 11) is 0. The van der Waals surface area contributed by atoms with Gasteiger partial charge in [-0.3, -0.25) is 14.4 Å². The molecule has 0 saturated heterocycles. The van der Waals surface area contributed by atoms with Crippen LogP contribution < -0.4 is 0 Å². The minimum atomic E-state index is -1.11. The van der Waals surface area contributed by atoms with Crippen molar-refractivity contribution in [2.75, 3.05) is 13.2 Å². The first kappa shape index (κ1) is 14.7. The first-order chi connectivity index (χ1) is 8.56. The zero-order valence-electron chi connectivity index (χ0n) is 11.0. The van der Waals surface area contributed by atoms with Gasteiger partial charge in [-0.1, -0.05) is 0 Å². The lowest BCUT2D eigenvalue weighted by Crippen LogP contribution is -2.37. The minimum absolute atomic E-state index is 0.0817. The fourth-order valence-corrected chi connectivity index (χ4v) is 2.33. The molecule has 102 valence electrons. The molecule has 0 N–H and O–H groups in total. The highest BCUT2D eigenvalue weighted by molar-refractivity contribution is 6.05. The highest BCUT2D eigenvalue weighted by atomic mass is 16.5. The van der Waals surface area contributed by atoms with E-state index < -0.39 is 11.4 Å². The Morgan fingerprint density at radius 2 is 1.89 bits per heavy atom. The largest absolute Gasteiger partial charge is 0.466 e. The van der Waals surface area contributed by atoms with E-state index in [9.17, 15) is 14.4 Å². The number of carbonyl (C=O) groups is 3. The number of hydrogen-bond donors (Lipinski definition) is 0. The van der Waals surface area contributed by atoms with Crippen LogP contribution >= 0.6 is 0 Å². The Bertz CT molecular complexity index is 336. The molecule has 0 heterocycles. The predicted octanol–water partition coefficient (Wildman–Crippen LogP) is 1.63. The summed E-state index contributed by atoms with van der Waals surface area (Å²) in [6.45, 7) is 3.97. The molecular formula is C13H20O5. The SMILES string of the molecule is CCOC(=O)CCC1(C(=O)OCC)CCCC1=O. The van der Waals surface area contributed by atoms with Gasteiger partial charge in [0.2, 0.25) is 0 Å². The number of rotatable bonds is 6. The lowest BCUT2D eigenvalue weighted by atomic mass is 9.80. The lowest BCUT2D eigenvalue weighted by Gasteiger charge is -2.24. The van der Waals surface area contributed by atoms with E-state index in [4.69, 9.17) is 9.47 Å². The summed E-state index contributed by atoms with van der Waals surface area (Å²) in [5, 5.41) is 0. The molecule has 0 radical (unpaired) electrons. The van der Waals surface area contributed by atoms with Crippen LogP contribution in [0.3, 0.4) is 0 Å². The van der Waals surface area contributed by atoms with E-state index in [2.05, 4.69) is 0 Å². The van der Waals surface area contributed by atoms with Crippen LogP contribution in [0, 0.1) is 5.41 Å². The van der Waals surface area contributed by atoms with E-state index in [1.807, 2.05) is 0 Å². The molecule has 0 spiro atoms. The quantitative estimate of drug-likeness (QED) is 0.533. The van der Waals surface area contributed by atoms with Crippen molar-refractivity contribution >= 4 is 17.7 Å². The summed E-state index contributed by atoms with van der Waals surface area (Å²) >= 11 is 0. The number of esters is 2. The van der Waals surface area contributed by atoms with E-state index in [1.54, 1.807) is 13.8 Å². The van der Waals surface area contributed by atoms with Crippen molar-refractivity contribution < 1.29 is 23.9 Å². The summed E-state index contributed by atoms with van der Waals surface area (Å²) in [6.07, 6.45) is 1.83. The Labute approximate surface area is 107 Å². The Hall–Kier alpha value is -1.39. The third-order valence-corrected chi connectivity index (χ3v) is 3.27. The van der Waals surface area contributed by atoms with Gasteiger partial charge in [-0.25, -0.2) is 0 Å². The maximum absolute atomic E-state index is 12.0. The van der Waals surface area contributed by atoms with Crippen molar-refractivity contribution in [3.05, 3.63) is 0 Å². The summed E-state index contributed by atoms with van der Waals surface area (Å²) in [6, 6.07) is 0. The van der Waals surface area contributed by atoms with Gasteiger partial charge in [0.05, 0.1) is 13.2 Å². The van der Waals surface area contributed by atoms with Crippen LogP contribution in [0.25, 0.3) is 0 Å². The number of ether oxygens (including phenoxy) is 2. The van der Waals surface area contributed by atoms with Gasteiger partial charge >= 0.3 is 11.9 Å². The van der Waals surface area contributed by atoms with Gasteiger partial charge in [-0.15, -0.1) is 0 Å². The van der Waals surface area contributed by atoms with Crippen molar-refractivity contribution in [2.24, 2.45) is 5.41 Å². The number of Topliss-reactive ketones (excluding diaryl/α,β-unsaturated/α-hetero) is 1. The Balaban J connectivity index is 2.70. The smallest absolute Gasteiger partial charge is 0.319 e. The molecule has 0 bridgehead atoms. The summed E-state index contributed by atoms with van der Waals surface area (Å²) < 4.78 is 9.80. The predicted molar refractivity (Wildman–Crippen MR) is 63.8 cm³/mol. The van der Waals surface area contributed by atoms with Gasteiger partial charge in [-0.05, 0) is 33.1 Å². The van der Waals surface area contributed by atoms with E-state index in [1.165, 1.54) is 0 Å². The van der Waals surface area contributed by atoms with Crippen LogP contribution in [0.5, 0.6) is 0 Å². The van der Waals surface area contributed by atoms with Crippen LogP contribution in [0.1, 0.15) is 46.0 Å². The van der Waals surface area contributed by atoms with Gasteiger partial charge in [0.25, 0.3) is 0 Å². The average Bonchev–Trinajstić information content (AvgIpc) is 2.70. The summed E-state index contributed by atoms with van der Waals surface area (Å²) in [5.74, 6) is -0.970. The Kier molecular flexibility index (Phi) is 5.31. The maximum atomic E-state index is 12.0. The van der Waals surface area contributed by atoms with Gasteiger partial charge in [-0.2, -0.15) is 0 Å². The summed E-state index contributed by atoms with van der Waals surface area (Å²) in [4.78, 5) is 35.2. The van der Waals surface area contributed by atoms with E-state index >= 15 is 0 Å². The van der Waals surface area contributed by atoms with Crippen molar-refractivity contribution in [1.82, 2.24) is 0 Å². The first-order valence-corrected chi connectivity index (χ1v) is 6.43. The molecule has 5 heteroatoms. The highest BCUT2D eigenvalue weighted by Gasteiger charge is 2.49. The molecule has 0 aromatic carbocycles. The van der Waals surface area contributed by atoms with Crippen LogP contribution in [-0.4, -0.2) is 30.9 Å². The van der Waals surface area contributed by atoms with Crippen LogP contribution in [-0.2, 0) is 23.9 Å². The molecule has 1 aliphatic carbocycles. The van der Waals surface area contributed by atoms with E-state index in [0.717, 1.165) is 0 Å². The second-order valence-electron chi connectivity index (χ2n) is 4.38. The van der Waals surface area contributed by atoms with Crippen molar-refractivity contribution in [3.63, 3.8) is 0 Å². The second kappa shape index (κ2) is 6.52. The Morgan fingerprint density at radius 3 is 2.39 bits per heavy atom. The second-order valence-corrected chi connectivity index (χ2v) is 4.38. The average molecular weight is 256 g/mol.